The second-order valence-corrected chi connectivity index (χ2v) is 5.61. The lowest BCUT2D eigenvalue weighted by Crippen LogP contribution is -2.36. The summed E-state index contributed by atoms with van der Waals surface area (Å²) in [7, 11) is 1.87. The lowest BCUT2D eigenvalue weighted by Gasteiger charge is -2.15. The first-order valence-electron chi connectivity index (χ1n) is 7.31. The molecule has 0 aromatic heterocycles. The molecule has 1 fully saturated rings. The maximum absolute atomic E-state index is 12.8. The largest absolute Gasteiger partial charge is 0.352 e. The zero-order valence-corrected chi connectivity index (χ0v) is 12.3. The summed E-state index contributed by atoms with van der Waals surface area (Å²) in [6, 6.07) is 5.98. The number of likely N-dealkylation sites (N-methyl/N-ethyl adjacent to an activating group) is 1. The van der Waals surface area contributed by atoms with Gasteiger partial charge in [0, 0.05) is 18.0 Å². The Morgan fingerprint density at radius 2 is 1.95 bits per heavy atom. The van der Waals surface area contributed by atoms with E-state index < -0.39 is 0 Å². The molecular formula is C16H21FN2O2. The monoisotopic (exact) mass is 292 g/mol. The molecule has 1 N–H and O–H groups in total. The Labute approximate surface area is 124 Å². The van der Waals surface area contributed by atoms with Crippen molar-refractivity contribution in [2.45, 2.75) is 31.7 Å². The molecule has 1 aromatic carbocycles. The summed E-state index contributed by atoms with van der Waals surface area (Å²) in [4.78, 5) is 25.4. The topological polar surface area (TPSA) is 49.4 Å². The Kier molecular flexibility index (Phi) is 5.44. The predicted molar refractivity (Wildman–Crippen MR) is 78.6 cm³/mol. The molecule has 0 unspecified atom stereocenters. The molecule has 1 aliphatic carbocycles. The van der Waals surface area contributed by atoms with Gasteiger partial charge in [-0.2, -0.15) is 0 Å². The van der Waals surface area contributed by atoms with Crippen molar-refractivity contribution in [1.29, 1.82) is 0 Å². The molecule has 1 aromatic rings. The molecule has 0 heterocycles. The fraction of sp³-hybridized carbons (Fsp3) is 0.500. The van der Waals surface area contributed by atoms with E-state index in [0.29, 0.717) is 37.5 Å². The fourth-order valence-electron chi connectivity index (χ4n) is 2.11. The molecule has 0 radical (unpaired) electrons. The van der Waals surface area contributed by atoms with Gasteiger partial charge in [0.1, 0.15) is 5.82 Å². The van der Waals surface area contributed by atoms with Gasteiger partial charge in [-0.3, -0.25) is 14.5 Å². The van der Waals surface area contributed by atoms with E-state index in [-0.39, 0.29) is 17.5 Å². The standard InChI is InChI=1S/C16H21FN2O2/c1-19(11-16(21)18-14-8-9-14)10-2-3-15(20)12-4-6-13(17)7-5-12/h4-7,14H,2-3,8-11H2,1H3,(H,18,21). The summed E-state index contributed by atoms with van der Waals surface area (Å²) in [5, 5.41) is 2.93. The van der Waals surface area contributed by atoms with E-state index in [2.05, 4.69) is 5.32 Å². The Balaban J connectivity index is 1.64. The van der Waals surface area contributed by atoms with Gasteiger partial charge < -0.3 is 5.32 Å². The molecule has 21 heavy (non-hydrogen) atoms. The third-order valence-electron chi connectivity index (χ3n) is 3.47. The number of hydrogen-bond acceptors (Lipinski definition) is 3. The van der Waals surface area contributed by atoms with Crippen LogP contribution in [0.5, 0.6) is 0 Å². The summed E-state index contributed by atoms with van der Waals surface area (Å²) in [5.74, 6) is -0.288. The third-order valence-corrected chi connectivity index (χ3v) is 3.47. The Hall–Kier alpha value is -1.75. The molecule has 0 aliphatic heterocycles. The van der Waals surface area contributed by atoms with Crippen LogP contribution in [0, 0.1) is 5.82 Å². The van der Waals surface area contributed by atoms with Crippen molar-refractivity contribution in [3.8, 4) is 0 Å². The van der Waals surface area contributed by atoms with Crippen LogP contribution < -0.4 is 5.32 Å². The van der Waals surface area contributed by atoms with E-state index >= 15 is 0 Å². The molecule has 1 aliphatic rings. The predicted octanol–water partition coefficient (Wildman–Crippen LogP) is 2.00. The van der Waals surface area contributed by atoms with Crippen LogP contribution in [0.15, 0.2) is 24.3 Å². The van der Waals surface area contributed by atoms with Gasteiger partial charge in [0.25, 0.3) is 0 Å². The van der Waals surface area contributed by atoms with Crippen LogP contribution in [0.1, 0.15) is 36.0 Å². The van der Waals surface area contributed by atoms with Crippen LogP contribution in [-0.2, 0) is 4.79 Å². The highest BCUT2D eigenvalue weighted by atomic mass is 19.1. The van der Waals surface area contributed by atoms with Gasteiger partial charge in [-0.1, -0.05) is 0 Å². The number of hydrogen-bond donors (Lipinski definition) is 1. The molecular weight excluding hydrogens is 271 g/mol. The average molecular weight is 292 g/mol. The third kappa shape index (κ3) is 5.63. The zero-order chi connectivity index (χ0) is 15.2. The van der Waals surface area contributed by atoms with Crippen LogP contribution in [-0.4, -0.2) is 42.8 Å². The Morgan fingerprint density at radius 1 is 1.29 bits per heavy atom. The van der Waals surface area contributed by atoms with Crippen molar-refractivity contribution in [2.24, 2.45) is 0 Å². The minimum atomic E-state index is -0.340. The van der Waals surface area contributed by atoms with Gasteiger partial charge in [-0.15, -0.1) is 0 Å². The van der Waals surface area contributed by atoms with Gasteiger partial charge >= 0.3 is 0 Å². The second kappa shape index (κ2) is 7.31. The number of rotatable bonds is 8. The minimum absolute atomic E-state index is 0.00540. The van der Waals surface area contributed by atoms with Crippen LogP contribution in [0.25, 0.3) is 0 Å². The van der Waals surface area contributed by atoms with Crippen LogP contribution in [0.4, 0.5) is 4.39 Å². The lowest BCUT2D eigenvalue weighted by atomic mass is 10.1. The first-order chi connectivity index (χ1) is 10.0. The maximum Gasteiger partial charge on any atom is 0.234 e. The highest BCUT2D eigenvalue weighted by Gasteiger charge is 2.23. The van der Waals surface area contributed by atoms with Crippen molar-refractivity contribution >= 4 is 11.7 Å². The summed E-state index contributed by atoms with van der Waals surface area (Å²) in [6.45, 7) is 1.05. The molecule has 2 rings (SSSR count). The SMILES string of the molecule is CN(CCCC(=O)c1ccc(F)cc1)CC(=O)NC1CC1. The normalized spacial score (nSPS) is 14.2. The van der Waals surface area contributed by atoms with E-state index in [1.807, 2.05) is 11.9 Å². The zero-order valence-electron chi connectivity index (χ0n) is 12.3. The fourth-order valence-corrected chi connectivity index (χ4v) is 2.11. The number of benzene rings is 1. The molecule has 0 atom stereocenters. The van der Waals surface area contributed by atoms with E-state index in [9.17, 15) is 14.0 Å². The Bertz CT molecular complexity index is 498. The van der Waals surface area contributed by atoms with Crippen molar-refractivity contribution in [2.75, 3.05) is 20.1 Å². The molecule has 5 heteroatoms. The molecule has 0 saturated heterocycles. The Morgan fingerprint density at radius 3 is 2.57 bits per heavy atom. The molecule has 1 amide bonds. The summed E-state index contributed by atoms with van der Waals surface area (Å²) in [6.07, 6.45) is 3.26. The molecule has 114 valence electrons. The van der Waals surface area contributed by atoms with Crippen molar-refractivity contribution in [3.05, 3.63) is 35.6 Å². The molecule has 4 nitrogen and oxygen atoms in total. The van der Waals surface area contributed by atoms with Gasteiger partial charge in [0.05, 0.1) is 6.54 Å². The van der Waals surface area contributed by atoms with E-state index in [4.69, 9.17) is 0 Å². The van der Waals surface area contributed by atoms with Gasteiger partial charge in [0.2, 0.25) is 5.91 Å². The quantitative estimate of drug-likeness (QED) is 0.746. The summed E-state index contributed by atoms with van der Waals surface area (Å²) >= 11 is 0. The number of carbonyl (C=O) groups excluding carboxylic acids is 2. The second-order valence-electron chi connectivity index (χ2n) is 5.61. The first kappa shape index (κ1) is 15.6. The number of carbonyl (C=O) groups is 2. The van der Waals surface area contributed by atoms with Gasteiger partial charge in [-0.25, -0.2) is 4.39 Å². The number of nitrogens with one attached hydrogen (secondary N) is 1. The van der Waals surface area contributed by atoms with Crippen LogP contribution in [0.3, 0.4) is 0 Å². The van der Waals surface area contributed by atoms with Crippen molar-refractivity contribution in [1.82, 2.24) is 10.2 Å². The van der Waals surface area contributed by atoms with Gasteiger partial charge in [0.15, 0.2) is 5.78 Å². The number of amides is 1. The average Bonchev–Trinajstić information content (AvgIpc) is 3.23. The van der Waals surface area contributed by atoms with E-state index in [0.717, 1.165) is 12.8 Å². The van der Waals surface area contributed by atoms with Gasteiger partial charge in [-0.05, 0) is 57.1 Å². The molecule has 0 bridgehead atoms. The highest BCUT2D eigenvalue weighted by Crippen LogP contribution is 2.18. The minimum Gasteiger partial charge on any atom is -0.352 e. The van der Waals surface area contributed by atoms with Crippen LogP contribution in [0.2, 0.25) is 0 Å². The smallest absolute Gasteiger partial charge is 0.234 e. The van der Waals surface area contributed by atoms with Crippen molar-refractivity contribution in [3.63, 3.8) is 0 Å². The summed E-state index contributed by atoms with van der Waals surface area (Å²) in [5.41, 5.74) is 0.533. The first-order valence-corrected chi connectivity index (χ1v) is 7.31. The van der Waals surface area contributed by atoms with Crippen LogP contribution >= 0.6 is 0 Å². The van der Waals surface area contributed by atoms with E-state index in [1.165, 1.54) is 24.3 Å². The highest BCUT2D eigenvalue weighted by molar-refractivity contribution is 5.95. The van der Waals surface area contributed by atoms with Crippen molar-refractivity contribution < 1.29 is 14.0 Å². The number of halogens is 1. The molecule has 0 spiro atoms. The number of nitrogens with zero attached hydrogens (tertiary/aromatic N) is 1. The molecule has 1 saturated carbocycles. The number of Topliss-reactive ketones (excluding diaryl/α,β-unsaturated/α-hetero) is 1. The lowest BCUT2D eigenvalue weighted by molar-refractivity contribution is -0.122. The number of ketones is 1. The maximum atomic E-state index is 12.8. The summed E-state index contributed by atoms with van der Waals surface area (Å²) < 4.78 is 12.8. The van der Waals surface area contributed by atoms with E-state index in [1.54, 1.807) is 0 Å².